The molecule has 208 valence electrons. The van der Waals surface area contributed by atoms with Crippen molar-refractivity contribution in [3.63, 3.8) is 0 Å². The van der Waals surface area contributed by atoms with Crippen LogP contribution in [-0.4, -0.2) is 37.2 Å². The highest BCUT2D eigenvalue weighted by atomic mass is 32.2. The van der Waals surface area contributed by atoms with Crippen molar-refractivity contribution in [3.05, 3.63) is 95.2 Å². The van der Waals surface area contributed by atoms with Gasteiger partial charge in [-0.15, -0.1) is 0 Å². The number of benzene rings is 3. The molecule has 0 fully saturated rings. The second kappa shape index (κ2) is 11.7. The van der Waals surface area contributed by atoms with E-state index in [1.807, 2.05) is 53.5 Å². The van der Waals surface area contributed by atoms with Crippen LogP contribution in [0.15, 0.2) is 77.7 Å². The highest BCUT2D eigenvalue weighted by Crippen LogP contribution is 2.36. The topological polar surface area (TPSA) is 138 Å². The van der Waals surface area contributed by atoms with Crippen molar-refractivity contribution in [1.29, 1.82) is 0 Å². The number of hydrogen-bond acceptors (Lipinski definition) is 6. The van der Waals surface area contributed by atoms with Crippen LogP contribution in [0.4, 0.5) is 0 Å². The number of aromatic nitrogens is 1. The maximum absolute atomic E-state index is 13.2. The van der Waals surface area contributed by atoms with Gasteiger partial charge in [0.25, 0.3) is 27.6 Å². The third-order valence-electron chi connectivity index (χ3n) is 6.39. The number of nitrogens with one attached hydrogen (secondary N) is 1. The summed E-state index contributed by atoms with van der Waals surface area (Å²) in [6.07, 6.45) is 0.477. The van der Waals surface area contributed by atoms with Gasteiger partial charge in [0.2, 0.25) is 0 Å². The average molecular weight is 562 g/mol. The normalized spacial score (nSPS) is 11.5. The fraction of sp³-hybridized carbons (Fsp3) is 0.233. The molecule has 0 aliphatic rings. The lowest BCUT2D eigenvalue weighted by atomic mass is 9.99. The number of nitrogens with zero attached hydrogens (tertiary/aromatic N) is 1. The summed E-state index contributed by atoms with van der Waals surface area (Å²) in [5.74, 6) is -2.58. The lowest BCUT2D eigenvalue weighted by molar-refractivity contribution is -0.121. The fourth-order valence-corrected chi connectivity index (χ4v) is 5.91. The van der Waals surface area contributed by atoms with Crippen LogP contribution in [0.25, 0.3) is 10.9 Å². The van der Waals surface area contributed by atoms with Crippen LogP contribution >= 0.6 is 0 Å². The molecule has 2 amide bonds. The molecule has 0 spiro atoms. The van der Waals surface area contributed by atoms with Crippen LogP contribution in [0, 0.1) is 12.8 Å². The number of fused-ring (bicyclic) bond motifs is 1. The Morgan fingerprint density at radius 2 is 1.62 bits per heavy atom. The van der Waals surface area contributed by atoms with Crippen LogP contribution in [0.1, 0.15) is 41.0 Å². The predicted molar refractivity (Wildman–Crippen MR) is 152 cm³/mol. The van der Waals surface area contributed by atoms with Gasteiger partial charge < -0.3 is 15.0 Å². The van der Waals surface area contributed by atoms with Crippen molar-refractivity contribution in [3.8, 4) is 5.75 Å². The van der Waals surface area contributed by atoms with E-state index in [0.717, 1.165) is 5.56 Å². The maximum Gasteiger partial charge on any atom is 0.289 e. The first-order valence-electron chi connectivity index (χ1n) is 12.8. The smallest absolute Gasteiger partial charge is 0.289 e. The standard InChI is InChI=1S/C30H31N3O6S/c1-19(2)16-23-28(29(35)30(31)36)27-22(33(23)17-21-11-5-4-6-12-21)13-9-14-24(27)39-18-26(34)32-40(37,38)25-15-8-7-10-20(25)3/h4-15,19H,16-18H2,1-3H3,(H2,31,36)(H,32,34). The summed E-state index contributed by atoms with van der Waals surface area (Å²) in [6, 6.07) is 21.0. The van der Waals surface area contributed by atoms with E-state index in [1.165, 1.54) is 6.07 Å². The van der Waals surface area contributed by atoms with Gasteiger partial charge in [-0.3, -0.25) is 14.4 Å². The monoisotopic (exact) mass is 561 g/mol. The molecule has 4 aromatic rings. The number of aryl methyl sites for hydroxylation is 1. The fourth-order valence-electron chi connectivity index (χ4n) is 4.69. The first kappa shape index (κ1) is 28.6. The quantitative estimate of drug-likeness (QED) is 0.211. The van der Waals surface area contributed by atoms with Crippen molar-refractivity contribution < 1.29 is 27.5 Å². The predicted octanol–water partition coefficient (Wildman–Crippen LogP) is 3.75. The van der Waals surface area contributed by atoms with Gasteiger partial charge in [-0.2, -0.15) is 0 Å². The molecule has 0 bridgehead atoms. The average Bonchev–Trinajstić information content (AvgIpc) is 3.20. The Labute approximate surface area is 233 Å². The first-order chi connectivity index (χ1) is 19.0. The molecular formula is C30H31N3O6S. The van der Waals surface area contributed by atoms with Gasteiger partial charge >= 0.3 is 0 Å². The maximum atomic E-state index is 13.2. The molecule has 1 aromatic heterocycles. The van der Waals surface area contributed by atoms with Gasteiger partial charge in [0, 0.05) is 12.2 Å². The molecule has 40 heavy (non-hydrogen) atoms. The van der Waals surface area contributed by atoms with Gasteiger partial charge in [-0.05, 0) is 48.6 Å². The first-order valence-corrected chi connectivity index (χ1v) is 14.2. The highest BCUT2D eigenvalue weighted by molar-refractivity contribution is 7.90. The molecule has 0 aliphatic heterocycles. The van der Waals surface area contributed by atoms with Crippen LogP contribution in [0.2, 0.25) is 0 Å². The molecule has 3 aromatic carbocycles. The van der Waals surface area contributed by atoms with Crippen molar-refractivity contribution >= 4 is 38.5 Å². The van der Waals surface area contributed by atoms with Crippen LogP contribution in [-0.2, 0) is 32.6 Å². The summed E-state index contributed by atoms with van der Waals surface area (Å²) in [4.78, 5) is 38.0. The second-order valence-corrected chi connectivity index (χ2v) is 11.6. The molecule has 0 radical (unpaired) electrons. The van der Waals surface area contributed by atoms with Crippen molar-refractivity contribution in [2.24, 2.45) is 11.7 Å². The molecule has 0 saturated carbocycles. The zero-order valence-electron chi connectivity index (χ0n) is 22.5. The summed E-state index contributed by atoms with van der Waals surface area (Å²) in [5, 5.41) is 0.340. The van der Waals surface area contributed by atoms with Crippen molar-refractivity contribution in [2.75, 3.05) is 6.61 Å². The Hall–Kier alpha value is -4.44. The Balaban J connectivity index is 1.75. The van der Waals surface area contributed by atoms with Gasteiger partial charge in [-0.25, -0.2) is 13.1 Å². The van der Waals surface area contributed by atoms with Crippen LogP contribution in [0.3, 0.4) is 0 Å². The molecule has 3 N–H and O–H groups in total. The molecule has 0 atom stereocenters. The minimum atomic E-state index is -4.12. The van der Waals surface area contributed by atoms with E-state index in [0.29, 0.717) is 35.1 Å². The Morgan fingerprint density at radius 3 is 2.27 bits per heavy atom. The summed E-state index contributed by atoms with van der Waals surface area (Å²) >= 11 is 0. The van der Waals surface area contributed by atoms with Gasteiger partial charge in [0.05, 0.1) is 21.4 Å². The van der Waals surface area contributed by atoms with E-state index in [1.54, 1.807) is 43.3 Å². The summed E-state index contributed by atoms with van der Waals surface area (Å²) < 4.78 is 35.3. The number of sulfonamides is 1. The summed E-state index contributed by atoms with van der Waals surface area (Å²) in [7, 11) is -4.12. The Kier molecular flexibility index (Phi) is 8.39. The number of rotatable bonds is 11. The highest BCUT2D eigenvalue weighted by Gasteiger charge is 2.29. The second-order valence-electron chi connectivity index (χ2n) is 9.92. The van der Waals surface area contributed by atoms with Crippen molar-refractivity contribution in [2.45, 2.75) is 38.6 Å². The minimum absolute atomic E-state index is 0.0175. The number of carbonyl (C=O) groups is 3. The SMILES string of the molecule is Cc1ccccc1S(=O)(=O)NC(=O)COc1cccc2c1c(C(=O)C(N)=O)c(CC(C)C)n2Cc1ccccc1. The summed E-state index contributed by atoms with van der Waals surface area (Å²) in [5.41, 5.74) is 8.29. The van der Waals surface area contributed by atoms with E-state index < -0.39 is 34.2 Å². The van der Waals surface area contributed by atoms with Crippen molar-refractivity contribution in [1.82, 2.24) is 9.29 Å². The molecule has 10 heteroatoms. The van der Waals surface area contributed by atoms with Crippen LogP contribution < -0.4 is 15.2 Å². The Bertz CT molecular complexity index is 1690. The van der Waals surface area contributed by atoms with Gasteiger partial charge in [0.15, 0.2) is 6.61 Å². The van der Waals surface area contributed by atoms with Gasteiger partial charge in [0.1, 0.15) is 5.75 Å². The molecule has 4 rings (SSSR count). The van der Waals surface area contributed by atoms with E-state index in [4.69, 9.17) is 10.5 Å². The molecule has 9 nitrogen and oxygen atoms in total. The molecule has 1 heterocycles. The number of Topliss-reactive ketones (excluding diaryl/α,β-unsaturated/α-hetero) is 1. The van der Waals surface area contributed by atoms with E-state index >= 15 is 0 Å². The van der Waals surface area contributed by atoms with E-state index in [-0.39, 0.29) is 22.1 Å². The zero-order valence-corrected chi connectivity index (χ0v) is 23.3. The van der Waals surface area contributed by atoms with Crippen LogP contribution in [0.5, 0.6) is 5.75 Å². The van der Waals surface area contributed by atoms with Gasteiger partial charge in [-0.1, -0.05) is 68.4 Å². The zero-order chi connectivity index (χ0) is 29.0. The molecular weight excluding hydrogens is 530 g/mol. The minimum Gasteiger partial charge on any atom is -0.483 e. The number of hydrogen-bond donors (Lipinski definition) is 2. The van der Waals surface area contributed by atoms with E-state index in [2.05, 4.69) is 0 Å². The molecule has 0 saturated heterocycles. The third kappa shape index (κ3) is 6.07. The molecule has 0 unspecified atom stereocenters. The largest absolute Gasteiger partial charge is 0.483 e. The number of nitrogens with two attached hydrogens (primary N) is 1. The van der Waals surface area contributed by atoms with E-state index in [9.17, 15) is 22.8 Å². The molecule has 0 aliphatic carbocycles. The lowest BCUT2D eigenvalue weighted by Gasteiger charge is -2.14. The Morgan fingerprint density at radius 1 is 0.950 bits per heavy atom. The number of ketones is 1. The lowest BCUT2D eigenvalue weighted by Crippen LogP contribution is -2.34. The number of amides is 2. The number of carbonyl (C=O) groups excluding carboxylic acids is 3. The number of ether oxygens (including phenoxy) is 1. The third-order valence-corrected chi connectivity index (χ3v) is 7.92. The summed E-state index contributed by atoms with van der Waals surface area (Å²) in [6.45, 7) is 5.41. The number of primary amides is 1.